The summed E-state index contributed by atoms with van der Waals surface area (Å²) < 4.78 is 23.7. The third kappa shape index (κ3) is 6.22. The van der Waals surface area contributed by atoms with E-state index in [-0.39, 0.29) is 49.1 Å². The topological polar surface area (TPSA) is 88.7 Å². The summed E-state index contributed by atoms with van der Waals surface area (Å²) in [4.78, 5) is 45.1. The number of fused-ring (bicyclic) bond motifs is 1. The molecule has 1 amide bonds. The third-order valence-corrected chi connectivity index (χ3v) is 9.28. The van der Waals surface area contributed by atoms with Crippen LogP contribution in [0.15, 0.2) is 48.5 Å². The Morgan fingerprint density at radius 3 is 2.43 bits per heavy atom. The Hall–Kier alpha value is -3.68. The summed E-state index contributed by atoms with van der Waals surface area (Å²) in [6.45, 7) is 4.21. The molecule has 224 valence electrons. The molecule has 2 aliphatic rings. The zero-order valence-corrected chi connectivity index (χ0v) is 24.7. The fourth-order valence-electron chi connectivity index (χ4n) is 6.85. The first-order valence-corrected chi connectivity index (χ1v) is 15.1. The zero-order valence-electron chi connectivity index (χ0n) is 24.7. The normalized spacial score (nSPS) is 23.1. The number of hydrogen-bond donors (Lipinski definition) is 1. The van der Waals surface area contributed by atoms with E-state index in [0.717, 1.165) is 53.5 Å². The van der Waals surface area contributed by atoms with Crippen LogP contribution in [0.2, 0.25) is 0 Å². The lowest BCUT2D eigenvalue weighted by Crippen LogP contribution is -2.46. The van der Waals surface area contributed by atoms with Crippen LogP contribution < -0.4 is 4.74 Å². The predicted molar refractivity (Wildman–Crippen MR) is 159 cm³/mol. The SMILES string of the molecule is CCOC(=O)c1cc2cc(CC(=O)[C@@H]3[C@@H](c4ccc(OC)cc4)CCN3C(=O)C3CCC([C@H](C)CF)CC3)ccc2[nH]1. The number of ketones is 1. The number of aromatic amines is 1. The zero-order chi connectivity index (χ0) is 29.8. The molecule has 3 aromatic rings. The second-order valence-corrected chi connectivity index (χ2v) is 11.9. The number of nitrogens with one attached hydrogen (secondary N) is 1. The molecule has 0 radical (unpaired) electrons. The summed E-state index contributed by atoms with van der Waals surface area (Å²) >= 11 is 0. The molecule has 0 bridgehead atoms. The van der Waals surface area contributed by atoms with Crippen molar-refractivity contribution in [3.05, 3.63) is 65.4 Å². The molecule has 7 nitrogen and oxygen atoms in total. The van der Waals surface area contributed by atoms with E-state index >= 15 is 0 Å². The Kier molecular flexibility index (Phi) is 9.29. The number of methoxy groups -OCH3 is 1. The molecule has 42 heavy (non-hydrogen) atoms. The minimum Gasteiger partial charge on any atom is -0.497 e. The summed E-state index contributed by atoms with van der Waals surface area (Å²) in [5.74, 6) is 0.479. The summed E-state index contributed by atoms with van der Waals surface area (Å²) in [6, 6.07) is 14.6. The van der Waals surface area contributed by atoms with Gasteiger partial charge in [0, 0.05) is 35.7 Å². The Morgan fingerprint density at radius 1 is 1.02 bits per heavy atom. The molecule has 1 saturated carbocycles. The highest BCUT2D eigenvalue weighted by Crippen LogP contribution is 2.40. The van der Waals surface area contributed by atoms with Gasteiger partial charge in [-0.1, -0.05) is 25.1 Å². The van der Waals surface area contributed by atoms with Crippen LogP contribution in [-0.4, -0.2) is 60.5 Å². The lowest BCUT2D eigenvalue weighted by molar-refractivity contribution is -0.142. The van der Waals surface area contributed by atoms with Gasteiger partial charge >= 0.3 is 5.97 Å². The Morgan fingerprint density at radius 2 is 1.76 bits per heavy atom. The number of amides is 1. The van der Waals surface area contributed by atoms with E-state index < -0.39 is 12.0 Å². The fraction of sp³-hybridized carbons (Fsp3) is 0.500. The Bertz CT molecular complexity index is 1410. The molecule has 3 atom stereocenters. The summed E-state index contributed by atoms with van der Waals surface area (Å²) in [5.41, 5.74) is 3.01. The van der Waals surface area contributed by atoms with E-state index in [0.29, 0.717) is 24.6 Å². The first kappa shape index (κ1) is 29.8. The van der Waals surface area contributed by atoms with Crippen LogP contribution in [0.3, 0.4) is 0 Å². The maximum absolute atomic E-state index is 14.1. The van der Waals surface area contributed by atoms with Crippen LogP contribution >= 0.6 is 0 Å². The van der Waals surface area contributed by atoms with Crippen LogP contribution in [0.4, 0.5) is 4.39 Å². The van der Waals surface area contributed by atoms with Gasteiger partial charge in [-0.25, -0.2) is 4.79 Å². The molecular formula is C34H41FN2O5. The number of esters is 1. The summed E-state index contributed by atoms with van der Waals surface area (Å²) in [6.07, 6.45) is 4.07. The van der Waals surface area contributed by atoms with Crippen molar-refractivity contribution in [2.45, 2.75) is 64.3 Å². The number of benzene rings is 2. The standard InChI is InChI=1S/C34H41FN2O5/c1-4-42-34(40)30-19-26-17-22(5-14-29(26)36-30)18-31(38)32-28(24-10-12-27(41-3)13-11-24)15-16-37(32)33(39)25-8-6-23(7-9-25)21(2)20-35/h5,10-14,17,19,21,23,25,28,32,36H,4,6-9,15-16,18,20H2,1-3H3/t21-,23?,25?,28-,32+/m1/s1. The van der Waals surface area contributed by atoms with Gasteiger partial charge in [-0.15, -0.1) is 0 Å². The number of likely N-dealkylation sites (tertiary alicyclic amines) is 1. The van der Waals surface area contributed by atoms with Gasteiger partial charge in [-0.05, 0) is 92.3 Å². The van der Waals surface area contributed by atoms with E-state index in [1.54, 1.807) is 20.1 Å². The van der Waals surface area contributed by atoms with E-state index in [1.165, 1.54) is 0 Å². The molecule has 2 heterocycles. The van der Waals surface area contributed by atoms with Crippen molar-refractivity contribution in [3.8, 4) is 5.75 Å². The summed E-state index contributed by atoms with van der Waals surface area (Å²) in [7, 11) is 1.62. The number of aromatic nitrogens is 1. The van der Waals surface area contributed by atoms with E-state index in [4.69, 9.17) is 9.47 Å². The van der Waals surface area contributed by atoms with Crippen molar-refractivity contribution in [2.24, 2.45) is 17.8 Å². The molecule has 1 N–H and O–H groups in total. The van der Waals surface area contributed by atoms with Crippen LogP contribution in [0.1, 0.15) is 73.5 Å². The smallest absolute Gasteiger partial charge is 0.354 e. The van der Waals surface area contributed by atoms with Gasteiger partial charge in [0.2, 0.25) is 5.91 Å². The molecule has 1 aliphatic carbocycles. The van der Waals surface area contributed by atoms with Gasteiger partial charge in [0.15, 0.2) is 5.78 Å². The average molecular weight is 577 g/mol. The number of alkyl halides is 1. The lowest BCUT2D eigenvalue weighted by atomic mass is 9.76. The lowest BCUT2D eigenvalue weighted by Gasteiger charge is -2.35. The molecular weight excluding hydrogens is 535 g/mol. The van der Waals surface area contributed by atoms with Crippen LogP contribution in [0, 0.1) is 17.8 Å². The van der Waals surface area contributed by atoms with Crippen molar-refractivity contribution < 1.29 is 28.2 Å². The Balaban J connectivity index is 1.37. The highest BCUT2D eigenvalue weighted by molar-refractivity contribution is 5.96. The quantitative estimate of drug-likeness (QED) is 0.288. The third-order valence-electron chi connectivity index (χ3n) is 9.28. The molecule has 0 unspecified atom stereocenters. The van der Waals surface area contributed by atoms with E-state index in [2.05, 4.69) is 4.98 Å². The maximum atomic E-state index is 14.1. The molecule has 2 fully saturated rings. The van der Waals surface area contributed by atoms with Crippen molar-refractivity contribution >= 4 is 28.6 Å². The number of H-pyrrole nitrogens is 1. The first-order chi connectivity index (χ1) is 20.3. The van der Waals surface area contributed by atoms with Crippen molar-refractivity contribution in [1.82, 2.24) is 9.88 Å². The van der Waals surface area contributed by atoms with Crippen molar-refractivity contribution in [1.29, 1.82) is 0 Å². The number of rotatable bonds is 10. The minimum absolute atomic E-state index is 0.00177. The summed E-state index contributed by atoms with van der Waals surface area (Å²) in [5, 5.41) is 0.827. The van der Waals surface area contributed by atoms with Crippen molar-refractivity contribution in [3.63, 3.8) is 0 Å². The molecule has 5 rings (SSSR count). The van der Waals surface area contributed by atoms with E-state index in [9.17, 15) is 18.8 Å². The molecule has 0 spiro atoms. The molecule has 2 aromatic carbocycles. The van der Waals surface area contributed by atoms with Gasteiger partial charge in [0.25, 0.3) is 0 Å². The minimum atomic E-state index is -0.564. The van der Waals surface area contributed by atoms with Gasteiger partial charge in [-0.2, -0.15) is 0 Å². The van der Waals surface area contributed by atoms with Gasteiger partial charge in [-0.3, -0.25) is 14.0 Å². The van der Waals surface area contributed by atoms with Crippen LogP contribution in [0.5, 0.6) is 5.75 Å². The first-order valence-electron chi connectivity index (χ1n) is 15.1. The maximum Gasteiger partial charge on any atom is 0.354 e. The van der Waals surface area contributed by atoms with Gasteiger partial charge in [0.1, 0.15) is 11.4 Å². The number of hydrogen-bond acceptors (Lipinski definition) is 5. The highest BCUT2D eigenvalue weighted by Gasteiger charge is 2.44. The van der Waals surface area contributed by atoms with E-state index in [1.807, 2.05) is 54.3 Å². The predicted octanol–water partition coefficient (Wildman–Crippen LogP) is 6.26. The number of nitrogens with zero attached hydrogens (tertiary/aromatic N) is 1. The number of carbonyl (C=O) groups is 3. The van der Waals surface area contributed by atoms with Crippen molar-refractivity contribution in [2.75, 3.05) is 26.9 Å². The number of carbonyl (C=O) groups excluding carboxylic acids is 3. The molecule has 1 aliphatic heterocycles. The average Bonchev–Trinajstić information content (AvgIpc) is 3.65. The molecule has 1 saturated heterocycles. The van der Waals surface area contributed by atoms with Crippen LogP contribution in [-0.2, 0) is 20.7 Å². The van der Waals surface area contributed by atoms with Gasteiger partial charge in [0.05, 0.1) is 26.4 Å². The van der Waals surface area contributed by atoms with Crippen LogP contribution in [0.25, 0.3) is 10.9 Å². The largest absolute Gasteiger partial charge is 0.497 e. The monoisotopic (exact) mass is 576 g/mol. The van der Waals surface area contributed by atoms with Gasteiger partial charge < -0.3 is 19.4 Å². The molecule has 8 heteroatoms. The number of Topliss-reactive ketones (excluding diaryl/α,β-unsaturated/α-hetero) is 1. The molecule has 1 aromatic heterocycles. The fourth-order valence-corrected chi connectivity index (χ4v) is 6.85. The number of halogens is 1. The number of ether oxygens (including phenoxy) is 2. The second kappa shape index (κ2) is 13.1. The second-order valence-electron chi connectivity index (χ2n) is 11.9. The highest BCUT2D eigenvalue weighted by atomic mass is 19.1. The Labute approximate surface area is 246 Å².